The third-order valence-electron chi connectivity index (χ3n) is 3.49. The highest BCUT2D eigenvalue weighted by atomic mass is 16.5. The molecule has 1 N–H and O–H groups in total. The number of aromatic nitrogens is 2. The number of aliphatic hydroxyl groups excluding tert-OH is 1. The number of methoxy groups -OCH3 is 1. The van der Waals surface area contributed by atoms with Crippen molar-refractivity contribution < 1.29 is 9.84 Å². The maximum atomic E-state index is 9.95. The Morgan fingerprint density at radius 1 is 1.39 bits per heavy atom. The highest BCUT2D eigenvalue weighted by molar-refractivity contribution is 5.39. The molecule has 0 fully saturated rings. The van der Waals surface area contributed by atoms with Gasteiger partial charge in [0.15, 0.2) is 0 Å². The molecule has 0 bridgehead atoms. The lowest BCUT2D eigenvalue weighted by atomic mass is 9.95. The Hall–Kier alpha value is -1.81. The molecule has 2 aromatic rings. The van der Waals surface area contributed by atoms with Crippen molar-refractivity contribution in [2.75, 3.05) is 7.11 Å². The highest BCUT2D eigenvalue weighted by Crippen LogP contribution is 2.31. The minimum absolute atomic E-state index is 0.318. The van der Waals surface area contributed by atoms with E-state index in [1.807, 2.05) is 24.4 Å². The first-order chi connectivity index (χ1) is 8.79. The summed E-state index contributed by atoms with van der Waals surface area (Å²) < 4.78 is 7.16. The third kappa shape index (κ3) is 1.78. The van der Waals surface area contributed by atoms with Crippen LogP contribution in [0.25, 0.3) is 5.69 Å². The molecule has 2 aromatic heterocycles. The van der Waals surface area contributed by atoms with Crippen molar-refractivity contribution in [2.24, 2.45) is 0 Å². The van der Waals surface area contributed by atoms with Gasteiger partial charge in [-0.2, -0.15) is 0 Å². The van der Waals surface area contributed by atoms with E-state index in [-0.39, 0.29) is 6.10 Å². The van der Waals surface area contributed by atoms with E-state index in [2.05, 4.69) is 9.55 Å². The van der Waals surface area contributed by atoms with Gasteiger partial charge in [0, 0.05) is 23.5 Å². The van der Waals surface area contributed by atoms with Gasteiger partial charge in [-0.3, -0.25) is 0 Å². The molecule has 4 heteroatoms. The molecule has 0 radical (unpaired) electrons. The van der Waals surface area contributed by atoms with E-state index in [9.17, 15) is 5.11 Å². The molecule has 2 heterocycles. The van der Waals surface area contributed by atoms with Gasteiger partial charge in [0.1, 0.15) is 0 Å². The van der Waals surface area contributed by atoms with E-state index in [0.29, 0.717) is 5.88 Å². The Kier molecular flexibility index (Phi) is 2.80. The van der Waals surface area contributed by atoms with Crippen molar-refractivity contribution in [1.82, 2.24) is 9.55 Å². The Bertz CT molecular complexity index is 545. The molecule has 0 aliphatic heterocycles. The lowest BCUT2D eigenvalue weighted by Gasteiger charge is -2.20. The lowest BCUT2D eigenvalue weighted by molar-refractivity contribution is 0.156. The molecule has 18 heavy (non-hydrogen) atoms. The summed E-state index contributed by atoms with van der Waals surface area (Å²) in [5.74, 6) is 0.611. The van der Waals surface area contributed by atoms with Gasteiger partial charge < -0.3 is 14.4 Å². The Morgan fingerprint density at radius 3 is 3.00 bits per heavy atom. The van der Waals surface area contributed by atoms with E-state index < -0.39 is 0 Å². The van der Waals surface area contributed by atoms with Gasteiger partial charge in [-0.15, -0.1) is 0 Å². The van der Waals surface area contributed by atoms with Gasteiger partial charge in [0.25, 0.3) is 0 Å². The fourth-order valence-corrected chi connectivity index (χ4v) is 2.54. The molecular formula is C14H16N2O2. The van der Waals surface area contributed by atoms with E-state index >= 15 is 0 Å². The van der Waals surface area contributed by atoms with Crippen LogP contribution in [0.1, 0.15) is 30.2 Å². The van der Waals surface area contributed by atoms with Crippen LogP contribution in [0, 0.1) is 0 Å². The molecule has 0 aromatic carbocycles. The zero-order valence-electron chi connectivity index (χ0n) is 10.3. The summed E-state index contributed by atoms with van der Waals surface area (Å²) >= 11 is 0. The van der Waals surface area contributed by atoms with Crippen molar-refractivity contribution in [3.63, 3.8) is 0 Å². The van der Waals surface area contributed by atoms with Crippen LogP contribution in [-0.4, -0.2) is 21.8 Å². The summed E-state index contributed by atoms with van der Waals surface area (Å²) in [4.78, 5) is 4.22. The van der Waals surface area contributed by atoms with Crippen molar-refractivity contribution >= 4 is 0 Å². The number of pyridine rings is 1. The highest BCUT2D eigenvalue weighted by Gasteiger charge is 2.21. The van der Waals surface area contributed by atoms with Crippen LogP contribution in [0.2, 0.25) is 0 Å². The first-order valence-electron chi connectivity index (χ1n) is 6.18. The first kappa shape index (κ1) is 11.3. The van der Waals surface area contributed by atoms with E-state index in [4.69, 9.17) is 4.74 Å². The quantitative estimate of drug-likeness (QED) is 0.881. The molecule has 4 nitrogen and oxygen atoms in total. The maximum Gasteiger partial charge on any atom is 0.213 e. The van der Waals surface area contributed by atoms with Crippen molar-refractivity contribution in [1.29, 1.82) is 0 Å². The summed E-state index contributed by atoms with van der Waals surface area (Å²) in [6.45, 7) is 0. The number of hydrogen-bond acceptors (Lipinski definition) is 3. The second-order valence-electron chi connectivity index (χ2n) is 4.55. The zero-order chi connectivity index (χ0) is 12.5. The first-order valence-corrected chi connectivity index (χ1v) is 6.18. The molecule has 1 aliphatic carbocycles. The second kappa shape index (κ2) is 4.46. The monoisotopic (exact) mass is 244 g/mol. The van der Waals surface area contributed by atoms with Crippen LogP contribution < -0.4 is 4.74 Å². The normalized spacial score (nSPS) is 18.4. The Balaban J connectivity index is 2.01. The molecule has 0 amide bonds. The molecule has 1 atom stereocenters. The minimum Gasteiger partial charge on any atom is -0.481 e. The SMILES string of the molecule is COc1ccc(-n2ccc3c2CCCC3O)cn1. The molecule has 94 valence electrons. The summed E-state index contributed by atoms with van der Waals surface area (Å²) in [6.07, 6.45) is 6.37. The molecule has 0 saturated carbocycles. The van der Waals surface area contributed by atoms with Crippen LogP contribution >= 0.6 is 0 Å². The molecule has 1 aliphatic rings. The average Bonchev–Trinajstić information content (AvgIpc) is 2.84. The van der Waals surface area contributed by atoms with Crippen LogP contribution in [0.3, 0.4) is 0 Å². The molecular weight excluding hydrogens is 228 g/mol. The lowest BCUT2D eigenvalue weighted by Crippen LogP contribution is -2.11. The topological polar surface area (TPSA) is 47.3 Å². The van der Waals surface area contributed by atoms with Gasteiger partial charge in [-0.1, -0.05) is 0 Å². The summed E-state index contributed by atoms with van der Waals surface area (Å²) in [5, 5.41) is 9.95. The van der Waals surface area contributed by atoms with Gasteiger partial charge >= 0.3 is 0 Å². The standard InChI is InChI=1S/C14H16N2O2/c1-18-14-6-5-10(9-15-14)16-8-7-11-12(16)3-2-4-13(11)17/h5-9,13,17H,2-4H2,1H3. The Labute approximate surface area is 106 Å². The molecule has 0 saturated heterocycles. The number of aliphatic hydroxyl groups is 1. The van der Waals surface area contributed by atoms with Gasteiger partial charge in [-0.25, -0.2) is 4.98 Å². The number of fused-ring (bicyclic) bond motifs is 1. The van der Waals surface area contributed by atoms with Gasteiger partial charge in [-0.05, 0) is 31.4 Å². The molecule has 3 rings (SSSR count). The predicted molar refractivity (Wildman–Crippen MR) is 68.0 cm³/mol. The van der Waals surface area contributed by atoms with Crippen LogP contribution in [0.4, 0.5) is 0 Å². The number of ether oxygens (including phenoxy) is 1. The summed E-state index contributed by atoms with van der Waals surface area (Å²) in [5.41, 5.74) is 3.25. The Morgan fingerprint density at radius 2 is 2.28 bits per heavy atom. The van der Waals surface area contributed by atoms with Crippen LogP contribution in [-0.2, 0) is 6.42 Å². The fourth-order valence-electron chi connectivity index (χ4n) is 2.54. The number of nitrogens with zero attached hydrogens (tertiary/aromatic N) is 2. The van der Waals surface area contributed by atoms with Crippen LogP contribution in [0.5, 0.6) is 5.88 Å². The molecule has 0 spiro atoms. The van der Waals surface area contributed by atoms with Gasteiger partial charge in [0.05, 0.1) is 25.1 Å². The van der Waals surface area contributed by atoms with Crippen molar-refractivity contribution in [3.8, 4) is 11.6 Å². The summed E-state index contributed by atoms with van der Waals surface area (Å²) in [7, 11) is 1.61. The van der Waals surface area contributed by atoms with E-state index in [1.165, 1.54) is 5.69 Å². The van der Waals surface area contributed by atoms with E-state index in [0.717, 1.165) is 30.5 Å². The number of rotatable bonds is 2. The summed E-state index contributed by atoms with van der Waals surface area (Å²) in [6, 6.07) is 5.83. The van der Waals surface area contributed by atoms with Crippen LogP contribution in [0.15, 0.2) is 30.6 Å². The smallest absolute Gasteiger partial charge is 0.213 e. The van der Waals surface area contributed by atoms with Crippen molar-refractivity contribution in [3.05, 3.63) is 41.9 Å². The van der Waals surface area contributed by atoms with Crippen molar-refractivity contribution in [2.45, 2.75) is 25.4 Å². The average molecular weight is 244 g/mol. The van der Waals surface area contributed by atoms with E-state index in [1.54, 1.807) is 13.3 Å². The number of hydrogen-bond donors (Lipinski definition) is 1. The zero-order valence-corrected chi connectivity index (χ0v) is 10.3. The fraction of sp³-hybridized carbons (Fsp3) is 0.357. The minimum atomic E-state index is -0.318. The predicted octanol–water partition coefficient (Wildman–Crippen LogP) is 2.25. The maximum absolute atomic E-state index is 9.95. The third-order valence-corrected chi connectivity index (χ3v) is 3.49. The second-order valence-corrected chi connectivity index (χ2v) is 4.55. The largest absolute Gasteiger partial charge is 0.481 e. The van der Waals surface area contributed by atoms with Gasteiger partial charge in [0.2, 0.25) is 5.88 Å². The molecule has 1 unspecified atom stereocenters.